The molecule has 120 valence electrons. The second-order valence-corrected chi connectivity index (χ2v) is 5.44. The maximum atomic E-state index is 11.8. The summed E-state index contributed by atoms with van der Waals surface area (Å²) in [6.45, 7) is 7.06. The van der Waals surface area contributed by atoms with E-state index < -0.39 is 6.04 Å². The zero-order valence-corrected chi connectivity index (χ0v) is 13.9. The highest BCUT2D eigenvalue weighted by molar-refractivity contribution is 5.94. The SMILES string of the molecule is CCCC(N)C(=O)Nc1ccc(OCCC(C)C)cc1.Cl. The zero-order chi connectivity index (χ0) is 15.0. The fraction of sp³-hybridized carbons (Fsp3) is 0.562. The van der Waals surface area contributed by atoms with Crippen molar-refractivity contribution in [2.75, 3.05) is 11.9 Å². The molecular formula is C16H27ClN2O2. The van der Waals surface area contributed by atoms with Crippen LogP contribution in [0.1, 0.15) is 40.0 Å². The van der Waals surface area contributed by atoms with Crippen LogP contribution in [0.4, 0.5) is 5.69 Å². The predicted molar refractivity (Wildman–Crippen MR) is 90.2 cm³/mol. The predicted octanol–water partition coefficient (Wildman–Crippen LogP) is 3.60. The fourth-order valence-electron chi connectivity index (χ4n) is 1.72. The van der Waals surface area contributed by atoms with Crippen molar-refractivity contribution in [3.8, 4) is 5.75 Å². The topological polar surface area (TPSA) is 64.4 Å². The Morgan fingerprint density at radius 2 is 1.86 bits per heavy atom. The molecule has 4 nitrogen and oxygen atoms in total. The van der Waals surface area contributed by atoms with Crippen LogP contribution in [0.15, 0.2) is 24.3 Å². The van der Waals surface area contributed by atoms with Crippen LogP contribution in [0.5, 0.6) is 5.75 Å². The van der Waals surface area contributed by atoms with E-state index in [2.05, 4.69) is 19.2 Å². The summed E-state index contributed by atoms with van der Waals surface area (Å²) >= 11 is 0. The monoisotopic (exact) mass is 314 g/mol. The summed E-state index contributed by atoms with van der Waals surface area (Å²) in [5.41, 5.74) is 6.51. The molecule has 0 aliphatic heterocycles. The molecule has 0 saturated heterocycles. The van der Waals surface area contributed by atoms with Gasteiger partial charge >= 0.3 is 0 Å². The lowest BCUT2D eigenvalue weighted by atomic mass is 10.1. The van der Waals surface area contributed by atoms with Crippen LogP contribution in [0.25, 0.3) is 0 Å². The molecule has 0 radical (unpaired) electrons. The molecule has 0 bridgehead atoms. The van der Waals surface area contributed by atoms with Crippen molar-refractivity contribution < 1.29 is 9.53 Å². The van der Waals surface area contributed by atoms with Crippen molar-refractivity contribution >= 4 is 24.0 Å². The molecule has 1 aromatic rings. The first-order valence-corrected chi connectivity index (χ1v) is 7.32. The van der Waals surface area contributed by atoms with Crippen LogP contribution >= 0.6 is 12.4 Å². The smallest absolute Gasteiger partial charge is 0.241 e. The van der Waals surface area contributed by atoms with Gasteiger partial charge in [0.15, 0.2) is 0 Å². The third kappa shape index (κ3) is 7.93. The van der Waals surface area contributed by atoms with Gasteiger partial charge in [-0.3, -0.25) is 4.79 Å². The third-order valence-electron chi connectivity index (χ3n) is 3.02. The minimum absolute atomic E-state index is 0. The molecule has 1 amide bonds. The number of hydrogen-bond acceptors (Lipinski definition) is 3. The highest BCUT2D eigenvalue weighted by atomic mass is 35.5. The number of rotatable bonds is 8. The summed E-state index contributed by atoms with van der Waals surface area (Å²) in [4.78, 5) is 11.8. The quantitative estimate of drug-likeness (QED) is 0.770. The number of ether oxygens (including phenoxy) is 1. The van der Waals surface area contributed by atoms with E-state index in [-0.39, 0.29) is 18.3 Å². The van der Waals surface area contributed by atoms with Crippen LogP contribution in [-0.4, -0.2) is 18.6 Å². The van der Waals surface area contributed by atoms with Gasteiger partial charge in [0, 0.05) is 5.69 Å². The molecule has 1 aromatic carbocycles. The van der Waals surface area contributed by atoms with Crippen LogP contribution in [0.3, 0.4) is 0 Å². The van der Waals surface area contributed by atoms with E-state index in [9.17, 15) is 4.79 Å². The van der Waals surface area contributed by atoms with Gasteiger partial charge in [0.05, 0.1) is 12.6 Å². The highest BCUT2D eigenvalue weighted by Crippen LogP contribution is 2.16. The average molecular weight is 315 g/mol. The highest BCUT2D eigenvalue weighted by Gasteiger charge is 2.12. The Morgan fingerprint density at radius 1 is 1.24 bits per heavy atom. The minimum Gasteiger partial charge on any atom is -0.494 e. The van der Waals surface area contributed by atoms with Gasteiger partial charge in [0.25, 0.3) is 0 Å². The molecule has 0 saturated carbocycles. The van der Waals surface area contributed by atoms with Crippen molar-refractivity contribution in [3.05, 3.63) is 24.3 Å². The maximum Gasteiger partial charge on any atom is 0.241 e. The van der Waals surface area contributed by atoms with Gasteiger partial charge in [-0.2, -0.15) is 0 Å². The van der Waals surface area contributed by atoms with Crippen LogP contribution in [0.2, 0.25) is 0 Å². The molecule has 0 aliphatic rings. The number of halogens is 1. The summed E-state index contributed by atoms with van der Waals surface area (Å²) in [7, 11) is 0. The molecule has 1 atom stereocenters. The first-order valence-electron chi connectivity index (χ1n) is 7.32. The zero-order valence-electron chi connectivity index (χ0n) is 13.1. The van der Waals surface area contributed by atoms with Crippen molar-refractivity contribution in [1.29, 1.82) is 0 Å². The van der Waals surface area contributed by atoms with E-state index in [0.29, 0.717) is 18.9 Å². The Labute approximate surface area is 133 Å². The van der Waals surface area contributed by atoms with Gasteiger partial charge in [-0.05, 0) is 43.0 Å². The number of carbonyl (C=O) groups is 1. The van der Waals surface area contributed by atoms with Crippen LogP contribution in [0, 0.1) is 5.92 Å². The lowest BCUT2D eigenvalue weighted by Crippen LogP contribution is -2.35. The number of hydrogen-bond donors (Lipinski definition) is 2. The molecule has 3 N–H and O–H groups in total. The van der Waals surface area contributed by atoms with Gasteiger partial charge in [0.2, 0.25) is 5.91 Å². The normalized spacial score (nSPS) is 11.7. The largest absolute Gasteiger partial charge is 0.494 e. The van der Waals surface area contributed by atoms with Gasteiger partial charge in [-0.15, -0.1) is 12.4 Å². The van der Waals surface area contributed by atoms with E-state index in [1.165, 1.54) is 0 Å². The summed E-state index contributed by atoms with van der Waals surface area (Å²) in [5.74, 6) is 1.32. The van der Waals surface area contributed by atoms with Gasteiger partial charge in [-0.1, -0.05) is 27.2 Å². The Bertz CT molecular complexity index is 407. The van der Waals surface area contributed by atoms with Gasteiger partial charge in [0.1, 0.15) is 5.75 Å². The summed E-state index contributed by atoms with van der Waals surface area (Å²) in [6, 6.07) is 6.95. The second-order valence-electron chi connectivity index (χ2n) is 5.44. The Kier molecular flexibility index (Phi) is 9.84. The van der Waals surface area contributed by atoms with Crippen molar-refractivity contribution in [2.24, 2.45) is 11.7 Å². The molecule has 0 fully saturated rings. The average Bonchev–Trinajstić information content (AvgIpc) is 2.40. The number of benzene rings is 1. The molecule has 0 aliphatic carbocycles. The molecule has 5 heteroatoms. The van der Waals surface area contributed by atoms with Gasteiger partial charge in [-0.25, -0.2) is 0 Å². The lowest BCUT2D eigenvalue weighted by molar-refractivity contribution is -0.117. The van der Waals surface area contributed by atoms with E-state index in [1.807, 2.05) is 31.2 Å². The lowest BCUT2D eigenvalue weighted by Gasteiger charge is -2.12. The number of nitrogens with one attached hydrogen (secondary N) is 1. The first kappa shape index (κ1) is 19.7. The molecular weight excluding hydrogens is 288 g/mol. The number of nitrogens with two attached hydrogens (primary N) is 1. The Hall–Kier alpha value is -1.26. The van der Waals surface area contributed by atoms with Crippen LogP contribution in [-0.2, 0) is 4.79 Å². The summed E-state index contributed by atoms with van der Waals surface area (Å²) < 4.78 is 5.63. The maximum absolute atomic E-state index is 11.8. The fourth-order valence-corrected chi connectivity index (χ4v) is 1.72. The number of anilines is 1. The molecule has 0 aromatic heterocycles. The number of amides is 1. The van der Waals surface area contributed by atoms with Gasteiger partial charge < -0.3 is 15.8 Å². The van der Waals surface area contributed by atoms with Crippen LogP contribution < -0.4 is 15.8 Å². The summed E-state index contributed by atoms with van der Waals surface area (Å²) in [6.07, 6.45) is 2.63. The molecule has 1 unspecified atom stereocenters. The van der Waals surface area contributed by atoms with E-state index in [4.69, 9.17) is 10.5 Å². The van der Waals surface area contributed by atoms with E-state index in [0.717, 1.165) is 24.3 Å². The Balaban J connectivity index is 0.00000400. The summed E-state index contributed by atoms with van der Waals surface area (Å²) in [5, 5.41) is 2.81. The molecule has 0 spiro atoms. The minimum atomic E-state index is -0.443. The van der Waals surface area contributed by atoms with Crippen molar-refractivity contribution in [1.82, 2.24) is 0 Å². The Morgan fingerprint density at radius 3 is 2.38 bits per heavy atom. The molecule has 21 heavy (non-hydrogen) atoms. The van der Waals surface area contributed by atoms with Crippen molar-refractivity contribution in [3.63, 3.8) is 0 Å². The van der Waals surface area contributed by atoms with E-state index in [1.54, 1.807) is 0 Å². The standard InChI is InChI=1S/C16H26N2O2.ClH/c1-4-5-15(17)16(19)18-13-6-8-14(9-7-13)20-11-10-12(2)3;/h6-9,12,15H,4-5,10-11,17H2,1-3H3,(H,18,19);1H. The van der Waals surface area contributed by atoms with E-state index >= 15 is 0 Å². The van der Waals surface area contributed by atoms with Crippen molar-refractivity contribution in [2.45, 2.75) is 46.1 Å². The first-order chi connectivity index (χ1) is 9.52. The third-order valence-corrected chi connectivity index (χ3v) is 3.02. The number of carbonyl (C=O) groups excluding carboxylic acids is 1. The molecule has 0 heterocycles. The molecule has 1 rings (SSSR count). The second kappa shape index (κ2) is 10.5.